The van der Waals surface area contributed by atoms with E-state index in [2.05, 4.69) is 31.3 Å². The normalized spacial score (nSPS) is 14.3. The highest BCUT2D eigenvalue weighted by Gasteiger charge is 2.13. The number of aryl methyl sites for hydroxylation is 1. The Kier molecular flexibility index (Phi) is 4.99. The molecule has 102 valence electrons. The van der Waals surface area contributed by atoms with Crippen molar-refractivity contribution in [3.05, 3.63) is 56.7 Å². The van der Waals surface area contributed by atoms with Gasteiger partial charge in [0.05, 0.1) is 6.10 Å². The van der Waals surface area contributed by atoms with Crippen molar-refractivity contribution in [2.24, 2.45) is 0 Å². The second-order valence-electron chi connectivity index (χ2n) is 4.62. The SMILES string of the molecule is Cc1ccc(C(C)NCC(O)c2ccccc2Cl)s1. The highest BCUT2D eigenvalue weighted by molar-refractivity contribution is 7.12. The minimum Gasteiger partial charge on any atom is -0.387 e. The van der Waals surface area contributed by atoms with Crippen LogP contribution in [0.2, 0.25) is 5.02 Å². The summed E-state index contributed by atoms with van der Waals surface area (Å²) in [5, 5.41) is 14.1. The van der Waals surface area contributed by atoms with Crippen molar-refractivity contribution in [3.8, 4) is 0 Å². The summed E-state index contributed by atoms with van der Waals surface area (Å²) in [6.07, 6.45) is -0.586. The van der Waals surface area contributed by atoms with Gasteiger partial charge in [0.1, 0.15) is 0 Å². The van der Waals surface area contributed by atoms with Crippen LogP contribution in [0.4, 0.5) is 0 Å². The Labute approximate surface area is 123 Å². The summed E-state index contributed by atoms with van der Waals surface area (Å²) < 4.78 is 0. The molecule has 1 aromatic heterocycles. The summed E-state index contributed by atoms with van der Waals surface area (Å²) >= 11 is 7.85. The van der Waals surface area contributed by atoms with Gasteiger partial charge in [0.2, 0.25) is 0 Å². The third-order valence-electron chi connectivity index (χ3n) is 3.07. The van der Waals surface area contributed by atoms with Gasteiger partial charge in [0.15, 0.2) is 0 Å². The number of benzene rings is 1. The van der Waals surface area contributed by atoms with Crippen LogP contribution in [0, 0.1) is 6.92 Å². The van der Waals surface area contributed by atoms with E-state index < -0.39 is 6.10 Å². The van der Waals surface area contributed by atoms with Crippen molar-refractivity contribution >= 4 is 22.9 Å². The molecule has 0 radical (unpaired) electrons. The Morgan fingerprint density at radius 2 is 2.00 bits per heavy atom. The molecule has 0 bridgehead atoms. The van der Waals surface area contributed by atoms with Gasteiger partial charge in [-0.15, -0.1) is 11.3 Å². The molecule has 2 nitrogen and oxygen atoms in total. The van der Waals surface area contributed by atoms with Gasteiger partial charge in [0, 0.05) is 32.9 Å². The fourth-order valence-electron chi connectivity index (χ4n) is 1.93. The first-order chi connectivity index (χ1) is 9.08. The highest BCUT2D eigenvalue weighted by Crippen LogP contribution is 2.25. The van der Waals surface area contributed by atoms with E-state index in [1.54, 1.807) is 17.4 Å². The van der Waals surface area contributed by atoms with E-state index in [-0.39, 0.29) is 6.04 Å². The van der Waals surface area contributed by atoms with Gasteiger partial charge in [-0.05, 0) is 32.0 Å². The van der Waals surface area contributed by atoms with Gasteiger partial charge in [-0.2, -0.15) is 0 Å². The topological polar surface area (TPSA) is 32.3 Å². The Balaban J connectivity index is 1.94. The maximum absolute atomic E-state index is 10.2. The summed E-state index contributed by atoms with van der Waals surface area (Å²) in [5.41, 5.74) is 0.770. The molecule has 4 heteroatoms. The molecule has 0 aliphatic carbocycles. The smallest absolute Gasteiger partial charge is 0.0928 e. The van der Waals surface area contributed by atoms with E-state index >= 15 is 0 Å². The van der Waals surface area contributed by atoms with E-state index in [9.17, 15) is 5.11 Å². The van der Waals surface area contributed by atoms with E-state index in [1.165, 1.54) is 9.75 Å². The number of thiophene rings is 1. The van der Waals surface area contributed by atoms with Gasteiger partial charge in [0.25, 0.3) is 0 Å². The predicted molar refractivity (Wildman–Crippen MR) is 81.9 cm³/mol. The summed E-state index contributed by atoms with van der Waals surface area (Å²) in [4.78, 5) is 2.58. The Hall–Kier alpha value is -0.870. The molecule has 0 aliphatic rings. The van der Waals surface area contributed by atoms with Crippen LogP contribution in [-0.2, 0) is 0 Å². The average Bonchev–Trinajstić information content (AvgIpc) is 2.83. The van der Waals surface area contributed by atoms with Gasteiger partial charge in [-0.3, -0.25) is 0 Å². The van der Waals surface area contributed by atoms with Crippen molar-refractivity contribution in [3.63, 3.8) is 0 Å². The first-order valence-corrected chi connectivity index (χ1v) is 7.49. The number of aliphatic hydroxyl groups is 1. The van der Waals surface area contributed by atoms with Gasteiger partial charge >= 0.3 is 0 Å². The molecule has 2 unspecified atom stereocenters. The molecule has 0 fully saturated rings. The van der Waals surface area contributed by atoms with Gasteiger partial charge in [-0.1, -0.05) is 29.8 Å². The zero-order chi connectivity index (χ0) is 13.8. The molecule has 1 aromatic carbocycles. The third-order valence-corrected chi connectivity index (χ3v) is 4.60. The number of hydrogen-bond acceptors (Lipinski definition) is 3. The van der Waals surface area contributed by atoms with Crippen molar-refractivity contribution in [1.29, 1.82) is 0 Å². The van der Waals surface area contributed by atoms with E-state index in [1.807, 2.05) is 18.2 Å². The molecule has 0 aliphatic heterocycles. The monoisotopic (exact) mass is 295 g/mol. The van der Waals surface area contributed by atoms with Crippen LogP contribution >= 0.6 is 22.9 Å². The average molecular weight is 296 g/mol. The lowest BCUT2D eigenvalue weighted by Crippen LogP contribution is -2.24. The maximum Gasteiger partial charge on any atom is 0.0928 e. The number of hydrogen-bond donors (Lipinski definition) is 2. The molecule has 0 saturated heterocycles. The standard InChI is InChI=1S/C15H18ClNOS/c1-10-7-8-15(19-10)11(2)17-9-14(18)12-5-3-4-6-13(12)16/h3-8,11,14,17-18H,9H2,1-2H3. The van der Waals surface area contributed by atoms with Gasteiger partial charge < -0.3 is 10.4 Å². The number of nitrogens with one attached hydrogen (secondary N) is 1. The van der Waals surface area contributed by atoms with E-state index in [0.29, 0.717) is 11.6 Å². The van der Waals surface area contributed by atoms with Gasteiger partial charge in [-0.25, -0.2) is 0 Å². The van der Waals surface area contributed by atoms with Crippen molar-refractivity contribution in [2.45, 2.75) is 26.0 Å². The lowest BCUT2D eigenvalue weighted by atomic mass is 10.1. The maximum atomic E-state index is 10.2. The van der Waals surface area contributed by atoms with Crippen LogP contribution in [0.3, 0.4) is 0 Å². The Morgan fingerprint density at radius 3 is 2.63 bits per heavy atom. The second kappa shape index (κ2) is 6.53. The van der Waals surface area contributed by atoms with Crippen molar-refractivity contribution < 1.29 is 5.11 Å². The zero-order valence-corrected chi connectivity index (χ0v) is 12.6. The molecule has 2 aromatic rings. The van der Waals surface area contributed by atoms with Crippen LogP contribution in [0.15, 0.2) is 36.4 Å². The second-order valence-corrected chi connectivity index (χ2v) is 6.34. The molecular formula is C15H18ClNOS. The number of aliphatic hydroxyl groups excluding tert-OH is 1. The molecule has 0 saturated carbocycles. The predicted octanol–water partition coefficient (Wildman–Crippen LogP) is 4.09. The molecule has 0 spiro atoms. The minimum atomic E-state index is -0.586. The number of rotatable bonds is 5. The largest absolute Gasteiger partial charge is 0.387 e. The molecule has 2 rings (SSSR count). The lowest BCUT2D eigenvalue weighted by molar-refractivity contribution is 0.171. The molecule has 1 heterocycles. The highest BCUT2D eigenvalue weighted by atomic mass is 35.5. The molecular weight excluding hydrogens is 278 g/mol. The lowest BCUT2D eigenvalue weighted by Gasteiger charge is -2.17. The first-order valence-electron chi connectivity index (χ1n) is 6.30. The van der Waals surface area contributed by atoms with Crippen LogP contribution < -0.4 is 5.32 Å². The van der Waals surface area contributed by atoms with Crippen molar-refractivity contribution in [1.82, 2.24) is 5.32 Å². The summed E-state index contributed by atoms with van der Waals surface area (Å²) in [6.45, 7) is 4.69. The minimum absolute atomic E-state index is 0.232. The summed E-state index contributed by atoms with van der Waals surface area (Å²) in [6, 6.07) is 11.9. The third kappa shape index (κ3) is 3.80. The first kappa shape index (κ1) is 14.5. The van der Waals surface area contributed by atoms with Crippen LogP contribution in [0.1, 0.15) is 34.4 Å². The van der Waals surface area contributed by atoms with E-state index in [0.717, 1.165) is 5.56 Å². The quantitative estimate of drug-likeness (QED) is 0.870. The fraction of sp³-hybridized carbons (Fsp3) is 0.333. The molecule has 19 heavy (non-hydrogen) atoms. The van der Waals surface area contributed by atoms with E-state index in [4.69, 9.17) is 11.6 Å². The molecule has 2 atom stereocenters. The summed E-state index contributed by atoms with van der Waals surface area (Å²) in [7, 11) is 0. The van der Waals surface area contributed by atoms with Crippen LogP contribution in [0.5, 0.6) is 0 Å². The zero-order valence-electron chi connectivity index (χ0n) is 11.1. The summed E-state index contributed by atoms with van der Waals surface area (Å²) in [5.74, 6) is 0. The Bertz CT molecular complexity index is 540. The van der Waals surface area contributed by atoms with Crippen LogP contribution in [0.25, 0.3) is 0 Å². The van der Waals surface area contributed by atoms with Crippen LogP contribution in [-0.4, -0.2) is 11.7 Å². The van der Waals surface area contributed by atoms with Crippen molar-refractivity contribution in [2.75, 3.05) is 6.54 Å². The number of halogens is 1. The Morgan fingerprint density at radius 1 is 1.26 bits per heavy atom. The molecule has 0 amide bonds. The molecule has 2 N–H and O–H groups in total. The fourth-order valence-corrected chi connectivity index (χ4v) is 3.10.